The number of benzene rings is 2. The molecule has 0 spiro atoms. The van der Waals surface area contributed by atoms with Crippen molar-refractivity contribution in [2.75, 3.05) is 12.4 Å². The molecule has 2 aromatic carbocycles. The van der Waals surface area contributed by atoms with Crippen LogP contribution < -0.4 is 5.32 Å². The second kappa shape index (κ2) is 11.3. The van der Waals surface area contributed by atoms with Crippen LogP contribution in [0.2, 0.25) is 0 Å². The van der Waals surface area contributed by atoms with Crippen LogP contribution >= 0.6 is 27.7 Å². The molecular weight excluding hydrogens is 438 g/mol. The molecule has 1 atom stereocenters. The number of thioether (sulfide) groups is 1. The first-order chi connectivity index (χ1) is 13.3. The average molecular weight is 464 g/mol. The SMILES string of the molecule is Cc1cc(SCC(=O)OCC(=O)NC(C)CCc2ccccc2)c(C)cc1Br. The number of amides is 1. The van der Waals surface area contributed by atoms with Gasteiger partial charge in [0.15, 0.2) is 6.61 Å². The Morgan fingerprint density at radius 2 is 1.86 bits per heavy atom. The van der Waals surface area contributed by atoms with Gasteiger partial charge in [0.25, 0.3) is 5.91 Å². The Bertz CT molecular complexity index is 811. The molecule has 28 heavy (non-hydrogen) atoms. The fraction of sp³-hybridized carbons (Fsp3) is 0.364. The first-order valence-electron chi connectivity index (χ1n) is 9.23. The van der Waals surface area contributed by atoms with Crippen molar-refractivity contribution in [3.8, 4) is 0 Å². The number of carbonyl (C=O) groups is 2. The topological polar surface area (TPSA) is 55.4 Å². The molecule has 2 aromatic rings. The van der Waals surface area contributed by atoms with E-state index < -0.39 is 5.97 Å². The summed E-state index contributed by atoms with van der Waals surface area (Å²) in [4.78, 5) is 25.0. The predicted molar refractivity (Wildman–Crippen MR) is 118 cm³/mol. The summed E-state index contributed by atoms with van der Waals surface area (Å²) in [6, 6.07) is 14.2. The van der Waals surface area contributed by atoms with Gasteiger partial charge in [-0.05, 0) is 62.4 Å². The van der Waals surface area contributed by atoms with E-state index in [-0.39, 0.29) is 24.3 Å². The minimum absolute atomic E-state index is 0.0224. The highest BCUT2D eigenvalue weighted by Crippen LogP contribution is 2.28. The van der Waals surface area contributed by atoms with Crippen molar-refractivity contribution >= 4 is 39.6 Å². The number of nitrogens with one attached hydrogen (secondary N) is 1. The van der Waals surface area contributed by atoms with Crippen molar-refractivity contribution in [1.29, 1.82) is 0 Å². The van der Waals surface area contributed by atoms with Gasteiger partial charge in [-0.3, -0.25) is 9.59 Å². The molecule has 0 saturated carbocycles. The standard InChI is InChI=1S/C22H26BrNO3S/c1-15-12-20(16(2)11-19(15)23)28-14-22(26)27-13-21(25)24-17(3)9-10-18-7-5-4-6-8-18/h4-8,11-12,17H,9-10,13-14H2,1-3H3,(H,24,25). The van der Waals surface area contributed by atoms with Gasteiger partial charge in [0, 0.05) is 15.4 Å². The van der Waals surface area contributed by atoms with Gasteiger partial charge in [-0.15, -0.1) is 11.8 Å². The number of carbonyl (C=O) groups excluding carboxylic acids is 2. The number of aryl methyl sites for hydroxylation is 3. The van der Waals surface area contributed by atoms with E-state index in [0.717, 1.165) is 33.3 Å². The molecule has 1 unspecified atom stereocenters. The molecule has 150 valence electrons. The third-order valence-electron chi connectivity index (χ3n) is 4.28. The lowest BCUT2D eigenvalue weighted by molar-refractivity contribution is -0.146. The van der Waals surface area contributed by atoms with Gasteiger partial charge in [-0.1, -0.05) is 46.3 Å². The summed E-state index contributed by atoms with van der Waals surface area (Å²) in [7, 11) is 0. The van der Waals surface area contributed by atoms with Gasteiger partial charge in [0.05, 0.1) is 5.75 Å². The quantitative estimate of drug-likeness (QED) is 0.426. The van der Waals surface area contributed by atoms with E-state index in [2.05, 4.69) is 33.4 Å². The van der Waals surface area contributed by atoms with Crippen LogP contribution in [0, 0.1) is 13.8 Å². The van der Waals surface area contributed by atoms with Crippen molar-refractivity contribution in [3.63, 3.8) is 0 Å². The molecule has 0 aliphatic carbocycles. The zero-order valence-corrected chi connectivity index (χ0v) is 18.9. The molecule has 1 amide bonds. The van der Waals surface area contributed by atoms with Gasteiger partial charge in [0.2, 0.25) is 0 Å². The van der Waals surface area contributed by atoms with E-state index in [9.17, 15) is 9.59 Å². The summed E-state index contributed by atoms with van der Waals surface area (Å²) in [5.41, 5.74) is 3.45. The molecule has 0 heterocycles. The molecule has 0 fully saturated rings. The second-order valence-corrected chi connectivity index (χ2v) is 8.68. The summed E-state index contributed by atoms with van der Waals surface area (Å²) < 4.78 is 6.15. The van der Waals surface area contributed by atoms with E-state index in [1.165, 1.54) is 17.3 Å². The van der Waals surface area contributed by atoms with Gasteiger partial charge in [-0.25, -0.2) is 0 Å². The van der Waals surface area contributed by atoms with Crippen LogP contribution in [0.3, 0.4) is 0 Å². The number of esters is 1. The number of ether oxygens (including phenoxy) is 1. The third-order valence-corrected chi connectivity index (χ3v) is 6.27. The van der Waals surface area contributed by atoms with Crippen LogP contribution in [-0.4, -0.2) is 30.3 Å². The fourth-order valence-corrected chi connectivity index (χ4v) is 4.01. The highest BCUT2D eigenvalue weighted by atomic mass is 79.9. The van der Waals surface area contributed by atoms with Crippen LogP contribution in [0.25, 0.3) is 0 Å². The Balaban J connectivity index is 1.67. The van der Waals surface area contributed by atoms with Gasteiger partial charge in [0.1, 0.15) is 0 Å². The van der Waals surface area contributed by atoms with Gasteiger partial charge < -0.3 is 10.1 Å². The number of hydrogen-bond donors (Lipinski definition) is 1. The van der Waals surface area contributed by atoms with Crippen molar-refractivity contribution in [3.05, 3.63) is 63.6 Å². The molecule has 0 radical (unpaired) electrons. The summed E-state index contributed by atoms with van der Waals surface area (Å²) in [6.07, 6.45) is 1.73. The fourth-order valence-electron chi connectivity index (χ4n) is 2.65. The number of rotatable bonds is 9. The summed E-state index contributed by atoms with van der Waals surface area (Å²) >= 11 is 4.92. The molecule has 6 heteroatoms. The van der Waals surface area contributed by atoms with Gasteiger partial charge in [-0.2, -0.15) is 0 Å². The van der Waals surface area contributed by atoms with E-state index in [0.29, 0.717) is 0 Å². The smallest absolute Gasteiger partial charge is 0.316 e. The summed E-state index contributed by atoms with van der Waals surface area (Å²) in [5.74, 6) is -0.481. The maximum Gasteiger partial charge on any atom is 0.316 e. The van der Waals surface area contributed by atoms with Crippen LogP contribution in [0.1, 0.15) is 30.0 Å². The molecule has 0 aromatic heterocycles. The molecule has 0 saturated heterocycles. The third kappa shape index (κ3) is 7.68. The molecule has 0 bridgehead atoms. The van der Waals surface area contributed by atoms with Crippen LogP contribution in [0.15, 0.2) is 51.8 Å². The Morgan fingerprint density at radius 3 is 2.57 bits per heavy atom. The maximum absolute atomic E-state index is 12.0. The lowest BCUT2D eigenvalue weighted by Crippen LogP contribution is -2.36. The molecular formula is C22H26BrNO3S. The predicted octanol–water partition coefficient (Wildman–Crippen LogP) is 4.84. The molecule has 1 N–H and O–H groups in total. The maximum atomic E-state index is 12.0. The van der Waals surface area contributed by atoms with E-state index in [1.807, 2.05) is 51.1 Å². The number of halogens is 1. The Morgan fingerprint density at radius 1 is 1.14 bits per heavy atom. The largest absolute Gasteiger partial charge is 0.455 e. The molecule has 0 aliphatic heterocycles. The average Bonchev–Trinajstić information content (AvgIpc) is 2.67. The Kier molecular flexibility index (Phi) is 9.06. The Hall–Kier alpha value is -1.79. The normalized spacial score (nSPS) is 11.7. The molecule has 4 nitrogen and oxygen atoms in total. The zero-order chi connectivity index (χ0) is 20.5. The van der Waals surface area contributed by atoms with Crippen molar-refractivity contribution in [2.24, 2.45) is 0 Å². The van der Waals surface area contributed by atoms with Gasteiger partial charge >= 0.3 is 5.97 Å². The first kappa shape index (κ1) is 22.5. The number of hydrogen-bond acceptors (Lipinski definition) is 4. The minimum Gasteiger partial charge on any atom is -0.455 e. The highest BCUT2D eigenvalue weighted by Gasteiger charge is 2.12. The van der Waals surface area contributed by atoms with E-state index in [1.54, 1.807) is 0 Å². The highest BCUT2D eigenvalue weighted by molar-refractivity contribution is 9.10. The lowest BCUT2D eigenvalue weighted by Gasteiger charge is -2.14. The monoisotopic (exact) mass is 463 g/mol. The zero-order valence-electron chi connectivity index (χ0n) is 16.5. The van der Waals surface area contributed by atoms with Crippen LogP contribution in [0.4, 0.5) is 0 Å². The molecule has 2 rings (SSSR count). The van der Waals surface area contributed by atoms with Crippen LogP contribution in [0.5, 0.6) is 0 Å². The second-order valence-electron chi connectivity index (χ2n) is 6.81. The van der Waals surface area contributed by atoms with Crippen molar-refractivity contribution in [1.82, 2.24) is 5.32 Å². The van der Waals surface area contributed by atoms with Crippen molar-refractivity contribution in [2.45, 2.75) is 44.6 Å². The summed E-state index contributed by atoms with van der Waals surface area (Å²) in [5, 5.41) is 2.87. The summed E-state index contributed by atoms with van der Waals surface area (Å²) in [6.45, 7) is 5.72. The lowest BCUT2D eigenvalue weighted by atomic mass is 10.1. The first-order valence-corrected chi connectivity index (χ1v) is 11.0. The Labute approximate surface area is 179 Å². The van der Waals surface area contributed by atoms with Crippen molar-refractivity contribution < 1.29 is 14.3 Å². The van der Waals surface area contributed by atoms with Crippen LogP contribution in [-0.2, 0) is 20.7 Å². The van der Waals surface area contributed by atoms with E-state index >= 15 is 0 Å². The minimum atomic E-state index is -0.392. The van der Waals surface area contributed by atoms with E-state index in [4.69, 9.17) is 4.74 Å². The molecule has 0 aliphatic rings.